The lowest BCUT2D eigenvalue weighted by Gasteiger charge is -2.18. The van der Waals surface area contributed by atoms with E-state index in [1.165, 1.54) is 5.57 Å². The molecule has 2 heteroatoms. The van der Waals surface area contributed by atoms with E-state index in [4.69, 9.17) is 10.5 Å². The standard InChI is InChI=1S/C11H15NO/c1-8(12)6-9-2-3-10-4-5-13-11(10)7-9/h2-5,7-8,10-11H,6,12H2,1H3. The first-order valence-corrected chi connectivity index (χ1v) is 4.72. The molecule has 13 heavy (non-hydrogen) atoms. The number of hydrogen-bond acceptors (Lipinski definition) is 2. The van der Waals surface area contributed by atoms with Crippen molar-refractivity contribution in [3.63, 3.8) is 0 Å². The van der Waals surface area contributed by atoms with Gasteiger partial charge in [-0.15, -0.1) is 0 Å². The number of allylic oxidation sites excluding steroid dienone is 1. The molecule has 3 atom stereocenters. The maximum absolute atomic E-state index is 5.73. The van der Waals surface area contributed by atoms with Gasteiger partial charge in [0.25, 0.3) is 0 Å². The van der Waals surface area contributed by atoms with Gasteiger partial charge in [-0.3, -0.25) is 0 Å². The molecule has 0 aromatic heterocycles. The minimum atomic E-state index is 0.221. The molecule has 1 heterocycles. The predicted molar refractivity (Wildman–Crippen MR) is 53.0 cm³/mol. The van der Waals surface area contributed by atoms with Gasteiger partial charge in [-0.05, 0) is 31.1 Å². The van der Waals surface area contributed by atoms with Crippen LogP contribution in [0.2, 0.25) is 0 Å². The van der Waals surface area contributed by atoms with Gasteiger partial charge >= 0.3 is 0 Å². The minimum absolute atomic E-state index is 0.221. The lowest BCUT2D eigenvalue weighted by Crippen LogP contribution is -2.19. The van der Waals surface area contributed by atoms with Crippen LogP contribution in [0.15, 0.2) is 36.1 Å². The molecule has 0 saturated heterocycles. The van der Waals surface area contributed by atoms with Crippen molar-refractivity contribution in [1.82, 2.24) is 0 Å². The van der Waals surface area contributed by atoms with Crippen LogP contribution in [0.5, 0.6) is 0 Å². The maximum atomic E-state index is 5.73. The zero-order valence-corrected chi connectivity index (χ0v) is 7.81. The fraction of sp³-hybridized carbons (Fsp3) is 0.455. The van der Waals surface area contributed by atoms with Crippen LogP contribution in [0.1, 0.15) is 13.3 Å². The molecular formula is C11H15NO. The van der Waals surface area contributed by atoms with Crippen LogP contribution in [0.25, 0.3) is 0 Å². The molecule has 2 rings (SSSR count). The zero-order chi connectivity index (χ0) is 9.26. The second kappa shape index (κ2) is 3.38. The van der Waals surface area contributed by atoms with Crippen molar-refractivity contribution in [3.8, 4) is 0 Å². The van der Waals surface area contributed by atoms with E-state index in [9.17, 15) is 0 Å². The van der Waals surface area contributed by atoms with Crippen LogP contribution in [-0.2, 0) is 4.74 Å². The van der Waals surface area contributed by atoms with E-state index in [1.54, 1.807) is 6.26 Å². The predicted octanol–water partition coefficient (Wildman–Crippen LogP) is 1.75. The normalized spacial score (nSPS) is 32.3. The fourth-order valence-corrected chi connectivity index (χ4v) is 1.76. The first-order chi connectivity index (χ1) is 6.25. The Morgan fingerprint density at radius 2 is 2.38 bits per heavy atom. The van der Waals surface area contributed by atoms with E-state index in [-0.39, 0.29) is 12.1 Å². The van der Waals surface area contributed by atoms with E-state index in [1.807, 2.05) is 6.92 Å². The molecule has 0 spiro atoms. The van der Waals surface area contributed by atoms with E-state index in [0.29, 0.717) is 5.92 Å². The lowest BCUT2D eigenvalue weighted by atomic mass is 9.92. The Morgan fingerprint density at radius 1 is 1.54 bits per heavy atom. The highest BCUT2D eigenvalue weighted by Crippen LogP contribution is 2.27. The summed E-state index contributed by atoms with van der Waals surface area (Å²) < 4.78 is 5.42. The Balaban J connectivity index is 2.04. The Labute approximate surface area is 78.8 Å². The topological polar surface area (TPSA) is 35.2 Å². The molecule has 2 nitrogen and oxygen atoms in total. The molecule has 70 valence electrons. The van der Waals surface area contributed by atoms with Gasteiger partial charge in [0.2, 0.25) is 0 Å². The summed E-state index contributed by atoms with van der Waals surface area (Å²) >= 11 is 0. The Kier molecular flexibility index (Phi) is 2.23. The van der Waals surface area contributed by atoms with Crippen molar-refractivity contribution in [2.75, 3.05) is 0 Å². The molecule has 2 N–H and O–H groups in total. The van der Waals surface area contributed by atoms with Crippen LogP contribution in [0, 0.1) is 5.92 Å². The largest absolute Gasteiger partial charge is 0.493 e. The van der Waals surface area contributed by atoms with Gasteiger partial charge in [0.05, 0.1) is 6.26 Å². The van der Waals surface area contributed by atoms with Crippen molar-refractivity contribution < 1.29 is 4.74 Å². The average Bonchev–Trinajstić information content (AvgIpc) is 2.49. The number of nitrogens with two attached hydrogens (primary N) is 1. The smallest absolute Gasteiger partial charge is 0.126 e. The first-order valence-electron chi connectivity index (χ1n) is 4.72. The van der Waals surface area contributed by atoms with Crippen LogP contribution >= 0.6 is 0 Å². The van der Waals surface area contributed by atoms with Crippen molar-refractivity contribution in [2.24, 2.45) is 11.7 Å². The van der Waals surface area contributed by atoms with Crippen LogP contribution in [0.3, 0.4) is 0 Å². The first kappa shape index (κ1) is 8.57. The van der Waals surface area contributed by atoms with E-state index < -0.39 is 0 Å². The van der Waals surface area contributed by atoms with Crippen molar-refractivity contribution in [1.29, 1.82) is 0 Å². The second-order valence-electron chi connectivity index (χ2n) is 3.79. The van der Waals surface area contributed by atoms with Gasteiger partial charge in [-0.1, -0.05) is 12.2 Å². The zero-order valence-electron chi connectivity index (χ0n) is 7.81. The maximum Gasteiger partial charge on any atom is 0.126 e. The van der Waals surface area contributed by atoms with Crippen LogP contribution in [0.4, 0.5) is 0 Å². The lowest BCUT2D eigenvalue weighted by molar-refractivity contribution is 0.191. The van der Waals surface area contributed by atoms with Gasteiger partial charge in [0.1, 0.15) is 6.10 Å². The molecule has 0 aromatic rings. The summed E-state index contributed by atoms with van der Waals surface area (Å²) in [7, 11) is 0. The van der Waals surface area contributed by atoms with Crippen molar-refractivity contribution in [3.05, 3.63) is 36.1 Å². The molecule has 0 saturated carbocycles. The second-order valence-corrected chi connectivity index (χ2v) is 3.79. The Morgan fingerprint density at radius 3 is 3.15 bits per heavy atom. The molecule has 0 aromatic carbocycles. The quantitative estimate of drug-likeness (QED) is 0.697. The Hall–Kier alpha value is -1.02. The fourth-order valence-electron chi connectivity index (χ4n) is 1.76. The molecule has 3 unspecified atom stereocenters. The number of rotatable bonds is 2. The van der Waals surface area contributed by atoms with Gasteiger partial charge < -0.3 is 10.5 Å². The van der Waals surface area contributed by atoms with E-state index >= 15 is 0 Å². The number of hydrogen-bond donors (Lipinski definition) is 1. The third-order valence-corrected chi connectivity index (χ3v) is 2.38. The summed E-state index contributed by atoms with van der Waals surface area (Å²) in [6, 6.07) is 0.224. The number of ether oxygens (including phenoxy) is 1. The van der Waals surface area contributed by atoms with E-state index in [0.717, 1.165) is 6.42 Å². The van der Waals surface area contributed by atoms with Gasteiger partial charge in [0.15, 0.2) is 0 Å². The third kappa shape index (κ3) is 1.83. The summed E-state index contributed by atoms with van der Waals surface area (Å²) in [6.45, 7) is 2.02. The van der Waals surface area contributed by atoms with E-state index in [2.05, 4.69) is 24.3 Å². The SMILES string of the molecule is CC(N)CC1=CC2OC=CC2C=C1. The summed E-state index contributed by atoms with van der Waals surface area (Å²) in [5, 5.41) is 0. The highest BCUT2D eigenvalue weighted by molar-refractivity contribution is 5.30. The minimum Gasteiger partial charge on any atom is -0.493 e. The van der Waals surface area contributed by atoms with Gasteiger partial charge in [-0.2, -0.15) is 0 Å². The molecule has 0 bridgehead atoms. The van der Waals surface area contributed by atoms with Crippen LogP contribution in [-0.4, -0.2) is 12.1 Å². The monoisotopic (exact) mass is 177 g/mol. The molecule has 2 aliphatic rings. The average molecular weight is 177 g/mol. The third-order valence-electron chi connectivity index (χ3n) is 2.38. The summed E-state index contributed by atoms with van der Waals surface area (Å²) in [5.74, 6) is 0.442. The van der Waals surface area contributed by atoms with Crippen LogP contribution < -0.4 is 5.73 Å². The molecule has 1 aliphatic carbocycles. The summed E-state index contributed by atoms with van der Waals surface area (Å²) in [4.78, 5) is 0. The molecule has 1 aliphatic heterocycles. The highest BCUT2D eigenvalue weighted by atomic mass is 16.5. The number of fused-ring (bicyclic) bond motifs is 1. The van der Waals surface area contributed by atoms with Gasteiger partial charge in [0, 0.05) is 12.0 Å². The van der Waals surface area contributed by atoms with Crippen molar-refractivity contribution >= 4 is 0 Å². The molecule has 0 fully saturated rings. The summed E-state index contributed by atoms with van der Waals surface area (Å²) in [6.07, 6.45) is 11.5. The Bertz CT molecular complexity index is 276. The molecular weight excluding hydrogens is 162 g/mol. The summed E-state index contributed by atoms with van der Waals surface area (Å²) in [5.41, 5.74) is 7.02. The highest BCUT2D eigenvalue weighted by Gasteiger charge is 2.23. The molecule has 0 radical (unpaired) electrons. The van der Waals surface area contributed by atoms with Gasteiger partial charge in [-0.25, -0.2) is 0 Å². The van der Waals surface area contributed by atoms with Crippen molar-refractivity contribution in [2.45, 2.75) is 25.5 Å². The molecule has 0 amide bonds.